The van der Waals surface area contributed by atoms with Crippen molar-refractivity contribution in [2.45, 2.75) is 10.9 Å². The fourth-order valence-corrected chi connectivity index (χ4v) is 3.02. The van der Waals surface area contributed by atoms with E-state index >= 15 is 0 Å². The Morgan fingerprint density at radius 2 is 1.95 bits per heavy atom. The first-order chi connectivity index (χ1) is 10.6. The summed E-state index contributed by atoms with van der Waals surface area (Å²) in [7, 11) is 0. The van der Waals surface area contributed by atoms with Gasteiger partial charge >= 0.3 is 0 Å². The maximum absolute atomic E-state index is 13.7. The van der Waals surface area contributed by atoms with E-state index in [1.54, 1.807) is 29.1 Å². The van der Waals surface area contributed by atoms with Crippen LogP contribution in [0, 0.1) is 11.6 Å². The average Bonchev–Trinajstić information content (AvgIpc) is 2.97. The normalized spacial score (nSPS) is 10.9. The van der Waals surface area contributed by atoms with E-state index in [1.807, 2.05) is 12.1 Å². The molecule has 7 heteroatoms. The molecule has 3 aromatic rings. The Bertz CT molecular complexity index is 807. The van der Waals surface area contributed by atoms with Crippen molar-refractivity contribution < 1.29 is 8.78 Å². The molecule has 0 aliphatic rings. The monoisotopic (exact) mass is 337 g/mol. The molecule has 0 N–H and O–H groups in total. The molecule has 0 unspecified atom stereocenters. The van der Waals surface area contributed by atoms with Crippen LogP contribution in [0.3, 0.4) is 0 Å². The highest BCUT2D eigenvalue weighted by atomic mass is 35.5. The van der Waals surface area contributed by atoms with E-state index in [0.29, 0.717) is 10.2 Å². The maximum Gasteiger partial charge on any atom is 0.195 e. The van der Waals surface area contributed by atoms with Crippen LogP contribution in [0.5, 0.6) is 0 Å². The van der Waals surface area contributed by atoms with E-state index in [9.17, 15) is 8.78 Å². The minimum atomic E-state index is -0.852. The number of benzene rings is 2. The molecular formula is C15H10ClF2N3S. The summed E-state index contributed by atoms with van der Waals surface area (Å²) in [6.07, 6.45) is 1.55. The molecule has 1 heterocycles. The largest absolute Gasteiger partial charge is 0.277 e. The standard InChI is InChI=1S/C15H10ClF2N3S/c16-11-4-2-5-12(7-11)21-9-19-20-15(21)22-8-10-3-1-6-13(17)14(10)18/h1-7,9H,8H2. The highest BCUT2D eigenvalue weighted by molar-refractivity contribution is 7.98. The summed E-state index contributed by atoms with van der Waals surface area (Å²) >= 11 is 7.24. The summed E-state index contributed by atoms with van der Waals surface area (Å²) < 4.78 is 28.6. The second-order valence-corrected chi connectivity index (χ2v) is 5.84. The Morgan fingerprint density at radius 1 is 1.14 bits per heavy atom. The van der Waals surface area contributed by atoms with Crippen molar-refractivity contribution in [1.29, 1.82) is 0 Å². The lowest BCUT2D eigenvalue weighted by atomic mass is 10.2. The molecule has 0 spiro atoms. The molecule has 1 aromatic heterocycles. The van der Waals surface area contributed by atoms with Gasteiger partial charge in [0.1, 0.15) is 6.33 Å². The van der Waals surface area contributed by atoms with Gasteiger partial charge in [-0.3, -0.25) is 4.57 Å². The van der Waals surface area contributed by atoms with Crippen LogP contribution >= 0.6 is 23.4 Å². The molecule has 0 aliphatic heterocycles. The molecule has 0 fully saturated rings. The van der Waals surface area contributed by atoms with E-state index in [-0.39, 0.29) is 11.3 Å². The fourth-order valence-electron chi connectivity index (χ4n) is 1.93. The van der Waals surface area contributed by atoms with Crippen LogP contribution in [0.15, 0.2) is 53.9 Å². The Labute approximate surface area is 134 Å². The summed E-state index contributed by atoms with van der Waals surface area (Å²) in [4.78, 5) is 0. The van der Waals surface area contributed by atoms with Gasteiger partial charge in [0.05, 0.1) is 5.69 Å². The Kier molecular flexibility index (Phi) is 4.40. The number of nitrogens with zero attached hydrogens (tertiary/aromatic N) is 3. The quantitative estimate of drug-likeness (QED) is 0.657. The molecule has 22 heavy (non-hydrogen) atoms. The predicted molar refractivity (Wildman–Crippen MR) is 82.3 cm³/mol. The first-order valence-electron chi connectivity index (χ1n) is 6.37. The van der Waals surface area contributed by atoms with E-state index in [4.69, 9.17) is 11.6 Å². The predicted octanol–water partition coefficient (Wildman–Crippen LogP) is 4.49. The lowest BCUT2D eigenvalue weighted by Crippen LogP contribution is -1.97. The number of halogens is 3. The summed E-state index contributed by atoms with van der Waals surface area (Å²) in [5.41, 5.74) is 1.09. The van der Waals surface area contributed by atoms with Gasteiger partial charge in [0.2, 0.25) is 0 Å². The second-order valence-electron chi connectivity index (χ2n) is 4.47. The third-order valence-corrected chi connectivity index (χ3v) is 4.22. The number of thioether (sulfide) groups is 1. The van der Waals surface area contributed by atoms with Crippen molar-refractivity contribution >= 4 is 23.4 Å². The highest BCUT2D eigenvalue weighted by Crippen LogP contribution is 2.26. The molecule has 0 saturated heterocycles. The molecule has 0 amide bonds. The smallest absolute Gasteiger partial charge is 0.195 e. The third kappa shape index (κ3) is 3.13. The summed E-state index contributed by atoms with van der Waals surface area (Å²) in [5.74, 6) is -1.43. The van der Waals surface area contributed by atoms with Gasteiger partial charge in [-0.05, 0) is 24.3 Å². The van der Waals surface area contributed by atoms with Crippen molar-refractivity contribution in [3.8, 4) is 5.69 Å². The number of hydrogen-bond donors (Lipinski definition) is 0. The van der Waals surface area contributed by atoms with Crippen LogP contribution in [-0.4, -0.2) is 14.8 Å². The number of aromatic nitrogens is 3. The third-order valence-electron chi connectivity index (χ3n) is 2.99. The van der Waals surface area contributed by atoms with Gasteiger partial charge in [-0.2, -0.15) is 0 Å². The van der Waals surface area contributed by atoms with Gasteiger partial charge in [-0.1, -0.05) is 41.6 Å². The first-order valence-corrected chi connectivity index (χ1v) is 7.73. The van der Waals surface area contributed by atoms with E-state index in [2.05, 4.69) is 10.2 Å². The Morgan fingerprint density at radius 3 is 2.77 bits per heavy atom. The van der Waals surface area contributed by atoms with Gasteiger partial charge in [-0.25, -0.2) is 8.78 Å². The molecule has 0 atom stereocenters. The lowest BCUT2D eigenvalue weighted by Gasteiger charge is -2.07. The minimum absolute atomic E-state index is 0.253. The maximum atomic E-state index is 13.7. The molecular weight excluding hydrogens is 328 g/mol. The van der Waals surface area contributed by atoms with Crippen LogP contribution in [0.2, 0.25) is 5.02 Å². The van der Waals surface area contributed by atoms with Crippen molar-refractivity contribution in [3.05, 3.63) is 71.0 Å². The Hall–Kier alpha value is -1.92. The van der Waals surface area contributed by atoms with Crippen LogP contribution in [0.1, 0.15) is 5.56 Å². The molecule has 3 rings (SSSR count). The molecule has 112 valence electrons. The van der Waals surface area contributed by atoms with E-state index < -0.39 is 11.6 Å². The van der Waals surface area contributed by atoms with Crippen molar-refractivity contribution in [2.75, 3.05) is 0 Å². The van der Waals surface area contributed by atoms with Gasteiger partial charge in [-0.15, -0.1) is 10.2 Å². The van der Waals surface area contributed by atoms with Crippen LogP contribution in [0.25, 0.3) is 5.69 Å². The SMILES string of the molecule is Fc1cccc(CSc2nncn2-c2cccc(Cl)c2)c1F. The number of hydrogen-bond acceptors (Lipinski definition) is 3. The van der Waals surface area contributed by atoms with Crippen molar-refractivity contribution in [1.82, 2.24) is 14.8 Å². The van der Waals surface area contributed by atoms with E-state index in [0.717, 1.165) is 11.8 Å². The van der Waals surface area contributed by atoms with Crippen LogP contribution in [-0.2, 0) is 5.75 Å². The van der Waals surface area contributed by atoms with E-state index in [1.165, 1.54) is 17.8 Å². The van der Waals surface area contributed by atoms with Crippen LogP contribution in [0.4, 0.5) is 8.78 Å². The average molecular weight is 338 g/mol. The molecule has 0 saturated carbocycles. The second kappa shape index (κ2) is 6.46. The zero-order valence-corrected chi connectivity index (χ0v) is 12.8. The Balaban J connectivity index is 1.83. The topological polar surface area (TPSA) is 30.7 Å². The zero-order chi connectivity index (χ0) is 15.5. The summed E-state index contributed by atoms with van der Waals surface area (Å²) in [5, 5.41) is 9.04. The lowest BCUT2D eigenvalue weighted by molar-refractivity contribution is 0.502. The van der Waals surface area contributed by atoms with Gasteiger partial charge in [0.15, 0.2) is 16.8 Å². The minimum Gasteiger partial charge on any atom is -0.277 e. The summed E-state index contributed by atoms with van der Waals surface area (Å²) in [6.45, 7) is 0. The number of rotatable bonds is 4. The molecule has 2 aromatic carbocycles. The molecule has 3 nitrogen and oxygen atoms in total. The van der Waals surface area contributed by atoms with Crippen molar-refractivity contribution in [3.63, 3.8) is 0 Å². The van der Waals surface area contributed by atoms with Gasteiger partial charge in [0, 0.05) is 16.3 Å². The fraction of sp³-hybridized carbons (Fsp3) is 0.0667. The van der Waals surface area contributed by atoms with Crippen LogP contribution < -0.4 is 0 Å². The zero-order valence-electron chi connectivity index (χ0n) is 11.2. The first kappa shape index (κ1) is 15.0. The molecule has 0 aliphatic carbocycles. The van der Waals surface area contributed by atoms with Gasteiger partial charge < -0.3 is 0 Å². The summed E-state index contributed by atoms with van der Waals surface area (Å²) in [6, 6.07) is 11.3. The van der Waals surface area contributed by atoms with Crippen molar-refractivity contribution in [2.24, 2.45) is 0 Å². The molecule has 0 radical (unpaired) electrons. The highest BCUT2D eigenvalue weighted by Gasteiger charge is 2.11. The molecule has 0 bridgehead atoms. The van der Waals surface area contributed by atoms with Gasteiger partial charge in [0.25, 0.3) is 0 Å².